The first-order chi connectivity index (χ1) is 14.4. The lowest BCUT2D eigenvalue weighted by Crippen LogP contribution is -2.25. The Bertz CT molecular complexity index is 1200. The van der Waals surface area contributed by atoms with Gasteiger partial charge in [-0.25, -0.2) is 18.4 Å². The van der Waals surface area contributed by atoms with Gasteiger partial charge >= 0.3 is 11.9 Å². The minimum absolute atomic E-state index is 0.172. The van der Waals surface area contributed by atoms with Crippen molar-refractivity contribution in [2.24, 2.45) is 11.1 Å². The molecule has 0 aliphatic heterocycles. The maximum Gasteiger partial charge on any atom is 0.416 e. The summed E-state index contributed by atoms with van der Waals surface area (Å²) < 4.78 is 58.7. The number of alkyl halides is 3. The van der Waals surface area contributed by atoms with E-state index in [1.54, 1.807) is 31.2 Å². The summed E-state index contributed by atoms with van der Waals surface area (Å²) in [5, 5.41) is 7.60. The first kappa shape index (κ1) is 24.4. The minimum Gasteiger partial charge on any atom is -0.369 e. The van der Waals surface area contributed by atoms with Crippen molar-refractivity contribution in [3.63, 3.8) is 0 Å². The molecule has 0 spiro atoms. The van der Waals surface area contributed by atoms with E-state index in [9.17, 15) is 18.0 Å². The maximum absolute atomic E-state index is 13.3. The second-order valence-electron chi connectivity index (χ2n) is 7.15. The van der Waals surface area contributed by atoms with Crippen LogP contribution < -0.4 is 16.1 Å². The standard InChI is InChI=1S/C20H20F3N3O.H3NO2S/c1-12(2)11-24-18-15-9-8-14(20(21,22)23)10-17(15)26(19(27)25-18)16-7-5-4-6-13(16)3;1-4(2)3/h4-10,12H,11H2,1-3H3,(H,24,25,27);4H,(H2,1,2,3). The van der Waals surface area contributed by atoms with Crippen LogP contribution in [0.3, 0.4) is 0 Å². The first-order valence-electron chi connectivity index (χ1n) is 9.24. The van der Waals surface area contributed by atoms with Crippen molar-refractivity contribution in [3.05, 3.63) is 64.1 Å². The van der Waals surface area contributed by atoms with Crippen LogP contribution in [-0.4, -0.2) is 24.5 Å². The molecule has 1 aromatic heterocycles. The number of hydrogen-bond donors (Lipinski definition) is 3. The molecule has 0 aliphatic carbocycles. The molecule has 0 saturated carbocycles. The molecule has 2 aromatic carbocycles. The quantitative estimate of drug-likeness (QED) is 0.523. The number of para-hydroxylation sites is 1. The van der Waals surface area contributed by atoms with Crippen LogP contribution >= 0.6 is 0 Å². The average Bonchev–Trinajstić information content (AvgIpc) is 2.65. The molecule has 0 saturated heterocycles. The molecule has 168 valence electrons. The third-order valence-corrected chi connectivity index (χ3v) is 4.25. The number of hydrogen-bond acceptors (Lipinski definition) is 5. The number of aromatic nitrogens is 2. The fraction of sp³-hybridized carbons (Fsp3) is 0.300. The van der Waals surface area contributed by atoms with Crippen LogP contribution in [0, 0.1) is 12.8 Å². The summed E-state index contributed by atoms with van der Waals surface area (Å²) in [6, 6.07) is 10.4. The Hall–Kier alpha value is -2.92. The molecule has 31 heavy (non-hydrogen) atoms. The molecule has 0 amide bonds. The Morgan fingerprint density at radius 1 is 1.16 bits per heavy atom. The molecule has 0 aliphatic rings. The van der Waals surface area contributed by atoms with Gasteiger partial charge in [0, 0.05) is 11.9 Å². The Morgan fingerprint density at radius 3 is 2.32 bits per heavy atom. The number of benzene rings is 2. The fourth-order valence-corrected chi connectivity index (χ4v) is 2.88. The smallest absolute Gasteiger partial charge is 0.369 e. The average molecular weight is 456 g/mol. The molecule has 3 aromatic rings. The highest BCUT2D eigenvalue weighted by Crippen LogP contribution is 2.33. The van der Waals surface area contributed by atoms with Crippen LogP contribution in [0.5, 0.6) is 0 Å². The number of rotatable bonds is 4. The van der Waals surface area contributed by atoms with Gasteiger partial charge in [0.2, 0.25) is 0 Å². The Balaban J connectivity index is 0.000000785. The zero-order valence-corrected chi connectivity index (χ0v) is 18.0. The van der Waals surface area contributed by atoms with E-state index in [1.165, 1.54) is 10.6 Å². The monoisotopic (exact) mass is 456 g/mol. The maximum atomic E-state index is 13.3. The number of thiol groups is 1. The molecule has 11 heteroatoms. The van der Waals surface area contributed by atoms with Crippen molar-refractivity contribution in [1.82, 2.24) is 9.55 Å². The largest absolute Gasteiger partial charge is 0.416 e. The van der Waals surface area contributed by atoms with E-state index in [2.05, 4.69) is 15.4 Å². The van der Waals surface area contributed by atoms with E-state index in [4.69, 9.17) is 8.42 Å². The van der Waals surface area contributed by atoms with Crippen LogP contribution in [0.15, 0.2) is 47.3 Å². The number of halogens is 3. The zero-order valence-electron chi connectivity index (χ0n) is 17.1. The fourth-order valence-electron chi connectivity index (χ4n) is 2.88. The zero-order chi connectivity index (χ0) is 23.3. The molecule has 0 radical (unpaired) electrons. The summed E-state index contributed by atoms with van der Waals surface area (Å²) >= 11 is 0. The predicted octanol–water partition coefficient (Wildman–Crippen LogP) is 3.25. The molecule has 3 N–H and O–H groups in total. The topological polar surface area (TPSA) is 107 Å². The van der Waals surface area contributed by atoms with E-state index < -0.39 is 28.3 Å². The molecular weight excluding hydrogens is 433 g/mol. The molecule has 3 rings (SSSR count). The summed E-state index contributed by atoms with van der Waals surface area (Å²) in [5.74, 6) is 0.581. The van der Waals surface area contributed by atoms with E-state index in [-0.39, 0.29) is 11.4 Å². The first-order valence-corrected chi connectivity index (χ1v) is 10.5. The van der Waals surface area contributed by atoms with Crippen molar-refractivity contribution in [3.8, 4) is 5.69 Å². The molecule has 0 atom stereocenters. The lowest BCUT2D eigenvalue weighted by molar-refractivity contribution is -0.137. The van der Waals surface area contributed by atoms with Crippen LogP contribution in [0.1, 0.15) is 25.0 Å². The molecule has 1 heterocycles. The third-order valence-electron chi connectivity index (χ3n) is 4.25. The number of nitrogens with zero attached hydrogens (tertiary/aromatic N) is 2. The lowest BCUT2D eigenvalue weighted by atomic mass is 10.1. The van der Waals surface area contributed by atoms with Crippen molar-refractivity contribution in [2.75, 3.05) is 11.9 Å². The highest BCUT2D eigenvalue weighted by atomic mass is 32.2. The van der Waals surface area contributed by atoms with Gasteiger partial charge in [0.05, 0.1) is 16.8 Å². The van der Waals surface area contributed by atoms with Gasteiger partial charge in [-0.3, -0.25) is 4.57 Å². The van der Waals surface area contributed by atoms with Gasteiger partial charge in [-0.15, -0.1) is 0 Å². The van der Waals surface area contributed by atoms with Crippen molar-refractivity contribution < 1.29 is 21.6 Å². The van der Waals surface area contributed by atoms with Crippen LogP contribution in [0.25, 0.3) is 16.6 Å². The summed E-state index contributed by atoms with van der Waals surface area (Å²) in [6.45, 7) is 6.33. The van der Waals surface area contributed by atoms with E-state index in [0.29, 0.717) is 23.4 Å². The molecule has 0 fully saturated rings. The van der Waals surface area contributed by atoms with Crippen molar-refractivity contribution >= 4 is 27.6 Å². The second-order valence-corrected chi connectivity index (χ2v) is 7.73. The SMILES string of the molecule is Cc1ccccc1-n1c(=O)nc(NCC(C)C)c2ccc(C(F)(F)F)cc21.N[SH](=O)=O. The van der Waals surface area contributed by atoms with Crippen LogP contribution in [0.4, 0.5) is 19.0 Å². The van der Waals surface area contributed by atoms with Gasteiger partial charge in [0.25, 0.3) is 0 Å². The van der Waals surface area contributed by atoms with Crippen molar-refractivity contribution in [1.29, 1.82) is 0 Å². The Kier molecular flexibility index (Phi) is 7.80. The van der Waals surface area contributed by atoms with E-state index in [1.807, 2.05) is 13.8 Å². The van der Waals surface area contributed by atoms with Crippen LogP contribution in [0.2, 0.25) is 0 Å². The van der Waals surface area contributed by atoms with Gasteiger partial charge in [0.1, 0.15) is 5.82 Å². The summed E-state index contributed by atoms with van der Waals surface area (Å²) in [4.78, 5) is 16.8. The van der Waals surface area contributed by atoms with Gasteiger partial charge in [-0.1, -0.05) is 32.0 Å². The Labute approximate surface area is 178 Å². The summed E-state index contributed by atoms with van der Waals surface area (Å²) in [5.41, 5.74) is 0.0169. The number of anilines is 1. The normalized spacial score (nSPS) is 11.5. The predicted molar refractivity (Wildman–Crippen MR) is 115 cm³/mol. The van der Waals surface area contributed by atoms with Crippen LogP contribution in [-0.2, 0) is 17.1 Å². The second kappa shape index (κ2) is 9.92. The molecule has 7 nitrogen and oxygen atoms in total. The summed E-state index contributed by atoms with van der Waals surface area (Å²) in [6.07, 6.45) is -4.50. The minimum atomic E-state index is -4.50. The van der Waals surface area contributed by atoms with Gasteiger partial charge in [-0.2, -0.15) is 18.2 Å². The van der Waals surface area contributed by atoms with Crippen molar-refractivity contribution in [2.45, 2.75) is 26.9 Å². The number of fused-ring (bicyclic) bond motifs is 1. The van der Waals surface area contributed by atoms with E-state index in [0.717, 1.165) is 17.7 Å². The molecule has 0 bridgehead atoms. The van der Waals surface area contributed by atoms with Gasteiger partial charge in [0.15, 0.2) is 10.9 Å². The van der Waals surface area contributed by atoms with Gasteiger partial charge < -0.3 is 5.32 Å². The lowest BCUT2D eigenvalue weighted by Gasteiger charge is -2.17. The Morgan fingerprint density at radius 2 is 1.77 bits per heavy atom. The van der Waals surface area contributed by atoms with E-state index >= 15 is 0 Å². The highest BCUT2D eigenvalue weighted by molar-refractivity contribution is 7.69. The van der Waals surface area contributed by atoms with Gasteiger partial charge in [-0.05, 0) is 42.7 Å². The summed E-state index contributed by atoms with van der Waals surface area (Å²) in [7, 11) is -2.62. The highest BCUT2D eigenvalue weighted by Gasteiger charge is 2.31. The number of aryl methyl sites for hydroxylation is 1. The molecule has 0 unspecified atom stereocenters. The third kappa shape index (κ3) is 6.28. The number of nitrogens with one attached hydrogen (secondary N) is 1. The molecular formula is C20H23F3N4O3S. The number of nitrogens with two attached hydrogens (primary N) is 1.